The molecule has 0 aliphatic heterocycles. The van der Waals surface area contributed by atoms with Gasteiger partial charge in [0.05, 0.1) is 13.4 Å². The Morgan fingerprint density at radius 2 is 2.07 bits per heavy atom. The quantitative estimate of drug-likeness (QED) is 0.635. The summed E-state index contributed by atoms with van der Waals surface area (Å²) in [4.78, 5) is 26.6. The molecule has 4 rings (SSSR count). The lowest BCUT2D eigenvalue weighted by atomic mass is 10.2. The third-order valence-corrected chi connectivity index (χ3v) is 4.44. The van der Waals surface area contributed by atoms with Gasteiger partial charge in [0.15, 0.2) is 5.76 Å². The first-order valence-electron chi connectivity index (χ1n) is 8.68. The molecule has 3 aromatic rings. The number of benzene rings is 1. The predicted molar refractivity (Wildman–Crippen MR) is 95.0 cm³/mol. The van der Waals surface area contributed by atoms with Gasteiger partial charge in [0.2, 0.25) is 5.91 Å². The van der Waals surface area contributed by atoms with Crippen LogP contribution in [0.3, 0.4) is 0 Å². The molecule has 2 heterocycles. The molecule has 1 aromatic carbocycles. The van der Waals surface area contributed by atoms with Gasteiger partial charge in [-0.05, 0) is 42.7 Å². The van der Waals surface area contributed by atoms with E-state index in [2.05, 4.69) is 5.10 Å². The Morgan fingerprint density at radius 3 is 2.70 bits per heavy atom. The van der Waals surface area contributed by atoms with Crippen LogP contribution in [0.2, 0.25) is 0 Å². The van der Waals surface area contributed by atoms with Crippen LogP contribution in [0.25, 0.3) is 11.7 Å². The summed E-state index contributed by atoms with van der Waals surface area (Å²) >= 11 is 0. The first-order valence-corrected chi connectivity index (χ1v) is 8.68. The standard InChI is InChI=1S/C19H19N3O5/c1-25-15-8-4-13(5-9-15)11-21(14-6-7-14)17(23)12-22-19(24)27-18(20-22)16-3-2-10-26-16/h2-5,8-10,14H,6-7,11-12H2,1H3. The molecule has 1 aliphatic rings. The number of methoxy groups -OCH3 is 1. The van der Waals surface area contributed by atoms with Crippen molar-refractivity contribution in [1.29, 1.82) is 0 Å². The number of furan rings is 1. The van der Waals surface area contributed by atoms with Crippen LogP contribution >= 0.6 is 0 Å². The van der Waals surface area contributed by atoms with Crippen LogP contribution in [0, 0.1) is 0 Å². The third kappa shape index (κ3) is 3.79. The zero-order valence-corrected chi connectivity index (χ0v) is 14.8. The lowest BCUT2D eigenvalue weighted by Crippen LogP contribution is -2.37. The second-order valence-corrected chi connectivity index (χ2v) is 6.41. The van der Waals surface area contributed by atoms with Crippen molar-refractivity contribution in [2.24, 2.45) is 0 Å². The maximum absolute atomic E-state index is 12.8. The van der Waals surface area contributed by atoms with E-state index < -0.39 is 5.76 Å². The maximum atomic E-state index is 12.8. The van der Waals surface area contributed by atoms with Crippen molar-refractivity contribution in [3.8, 4) is 17.4 Å². The first kappa shape index (κ1) is 17.1. The van der Waals surface area contributed by atoms with Crippen LogP contribution in [0.5, 0.6) is 5.75 Å². The lowest BCUT2D eigenvalue weighted by molar-refractivity contribution is -0.133. The van der Waals surface area contributed by atoms with E-state index in [-0.39, 0.29) is 24.4 Å². The second-order valence-electron chi connectivity index (χ2n) is 6.41. The van der Waals surface area contributed by atoms with Crippen molar-refractivity contribution in [1.82, 2.24) is 14.7 Å². The molecule has 140 valence electrons. The van der Waals surface area contributed by atoms with E-state index in [9.17, 15) is 9.59 Å². The molecular formula is C19H19N3O5. The number of hydrogen-bond acceptors (Lipinski definition) is 6. The van der Waals surface area contributed by atoms with Gasteiger partial charge in [-0.15, -0.1) is 5.10 Å². The first-order chi connectivity index (χ1) is 13.1. The van der Waals surface area contributed by atoms with Crippen molar-refractivity contribution >= 4 is 5.91 Å². The number of carbonyl (C=O) groups is 1. The van der Waals surface area contributed by atoms with E-state index in [0.717, 1.165) is 28.8 Å². The molecule has 1 fully saturated rings. The lowest BCUT2D eigenvalue weighted by Gasteiger charge is -2.22. The Balaban J connectivity index is 1.49. The SMILES string of the molecule is COc1ccc(CN(C(=O)Cn2nc(-c3ccco3)oc2=O)C2CC2)cc1. The summed E-state index contributed by atoms with van der Waals surface area (Å²) in [6.45, 7) is 0.306. The van der Waals surface area contributed by atoms with E-state index in [4.69, 9.17) is 13.6 Å². The van der Waals surface area contributed by atoms with E-state index >= 15 is 0 Å². The Labute approximate surface area is 154 Å². The molecule has 1 aliphatic carbocycles. The molecule has 0 unspecified atom stereocenters. The van der Waals surface area contributed by atoms with Gasteiger partial charge in [-0.2, -0.15) is 4.68 Å². The number of rotatable bonds is 7. The highest BCUT2D eigenvalue weighted by atomic mass is 16.5. The number of hydrogen-bond donors (Lipinski definition) is 0. The fourth-order valence-electron chi connectivity index (χ4n) is 2.86. The molecule has 0 spiro atoms. The van der Waals surface area contributed by atoms with E-state index in [1.165, 1.54) is 6.26 Å². The Morgan fingerprint density at radius 1 is 1.30 bits per heavy atom. The summed E-state index contributed by atoms with van der Waals surface area (Å²) in [6, 6.07) is 11.1. The van der Waals surface area contributed by atoms with Gasteiger partial charge < -0.3 is 18.5 Å². The molecule has 0 bridgehead atoms. The number of amides is 1. The van der Waals surface area contributed by atoms with Crippen molar-refractivity contribution in [2.45, 2.75) is 32.0 Å². The fraction of sp³-hybridized carbons (Fsp3) is 0.316. The summed E-state index contributed by atoms with van der Waals surface area (Å²) in [5.41, 5.74) is 1.000. The average Bonchev–Trinajstić information content (AvgIpc) is 3.23. The van der Waals surface area contributed by atoms with Crippen LogP contribution in [-0.2, 0) is 17.9 Å². The van der Waals surface area contributed by atoms with Gasteiger partial charge in [0.1, 0.15) is 12.3 Å². The number of carbonyl (C=O) groups excluding carboxylic acids is 1. The molecule has 27 heavy (non-hydrogen) atoms. The zero-order chi connectivity index (χ0) is 18.8. The molecule has 0 N–H and O–H groups in total. The molecule has 8 heteroatoms. The molecule has 0 atom stereocenters. The van der Waals surface area contributed by atoms with Crippen LogP contribution in [-0.4, -0.2) is 33.7 Å². The second kappa shape index (κ2) is 7.14. The number of ether oxygens (including phenoxy) is 1. The molecule has 8 nitrogen and oxygen atoms in total. The minimum Gasteiger partial charge on any atom is -0.497 e. The Hall–Kier alpha value is -3.29. The minimum absolute atomic E-state index is 0.0610. The predicted octanol–water partition coefficient (Wildman–Crippen LogP) is 2.30. The molecule has 0 radical (unpaired) electrons. The highest BCUT2D eigenvalue weighted by Crippen LogP contribution is 2.29. The van der Waals surface area contributed by atoms with E-state index in [1.807, 2.05) is 24.3 Å². The Kier molecular flexibility index (Phi) is 4.53. The highest BCUT2D eigenvalue weighted by molar-refractivity contribution is 5.76. The number of aromatic nitrogens is 2. The van der Waals surface area contributed by atoms with Crippen molar-refractivity contribution in [3.05, 3.63) is 58.8 Å². The summed E-state index contributed by atoms with van der Waals surface area (Å²) in [5, 5.41) is 4.06. The third-order valence-electron chi connectivity index (χ3n) is 4.44. The zero-order valence-electron chi connectivity index (χ0n) is 14.8. The fourth-order valence-corrected chi connectivity index (χ4v) is 2.86. The molecule has 1 saturated carbocycles. The van der Waals surface area contributed by atoms with Crippen LogP contribution < -0.4 is 10.5 Å². The topological polar surface area (TPSA) is 90.7 Å². The van der Waals surface area contributed by atoms with Crippen molar-refractivity contribution in [3.63, 3.8) is 0 Å². The van der Waals surface area contributed by atoms with Crippen LogP contribution in [0.15, 0.2) is 56.3 Å². The maximum Gasteiger partial charge on any atom is 0.437 e. The highest BCUT2D eigenvalue weighted by Gasteiger charge is 2.33. The molecule has 1 amide bonds. The van der Waals surface area contributed by atoms with Gasteiger partial charge in [0, 0.05) is 12.6 Å². The normalized spacial score (nSPS) is 13.5. The molecule has 2 aromatic heterocycles. The van der Waals surface area contributed by atoms with E-state index in [1.54, 1.807) is 24.1 Å². The largest absolute Gasteiger partial charge is 0.497 e. The van der Waals surface area contributed by atoms with E-state index in [0.29, 0.717) is 12.3 Å². The smallest absolute Gasteiger partial charge is 0.437 e. The monoisotopic (exact) mass is 369 g/mol. The Bertz CT molecular complexity index is 968. The van der Waals surface area contributed by atoms with Crippen LogP contribution in [0.4, 0.5) is 0 Å². The summed E-state index contributed by atoms with van der Waals surface area (Å²) < 4.78 is 16.4. The molecular weight excluding hydrogens is 350 g/mol. The number of nitrogens with zero attached hydrogens (tertiary/aromatic N) is 3. The summed E-state index contributed by atoms with van der Waals surface area (Å²) in [6.07, 6.45) is 3.39. The average molecular weight is 369 g/mol. The van der Waals surface area contributed by atoms with Gasteiger partial charge in [-0.1, -0.05) is 12.1 Å². The van der Waals surface area contributed by atoms with Gasteiger partial charge >= 0.3 is 5.76 Å². The van der Waals surface area contributed by atoms with Crippen molar-refractivity contribution in [2.75, 3.05) is 7.11 Å². The van der Waals surface area contributed by atoms with Gasteiger partial charge in [-0.3, -0.25) is 4.79 Å². The molecule has 0 saturated heterocycles. The summed E-state index contributed by atoms with van der Waals surface area (Å²) in [7, 11) is 1.61. The summed E-state index contributed by atoms with van der Waals surface area (Å²) in [5.74, 6) is 0.314. The van der Waals surface area contributed by atoms with Crippen molar-refractivity contribution < 1.29 is 18.4 Å². The van der Waals surface area contributed by atoms with Gasteiger partial charge in [0.25, 0.3) is 5.89 Å². The van der Waals surface area contributed by atoms with Gasteiger partial charge in [-0.25, -0.2) is 4.79 Å². The minimum atomic E-state index is -0.685. The van der Waals surface area contributed by atoms with Crippen LogP contribution in [0.1, 0.15) is 18.4 Å².